The van der Waals surface area contributed by atoms with E-state index in [9.17, 15) is 5.11 Å². The fourth-order valence-electron chi connectivity index (χ4n) is 1.28. The average Bonchev–Trinajstić information content (AvgIpc) is 2.17. The lowest BCUT2D eigenvalue weighted by Gasteiger charge is -2.04. The summed E-state index contributed by atoms with van der Waals surface area (Å²) in [5.41, 5.74) is 1.78. The first kappa shape index (κ1) is 10.6. The molecule has 0 unspecified atom stereocenters. The van der Waals surface area contributed by atoms with Crippen molar-refractivity contribution in [2.45, 2.75) is 19.8 Å². The van der Waals surface area contributed by atoms with Crippen LogP contribution in [0.15, 0.2) is 29.4 Å². The SMILES string of the molecule is CCC/C(=N/OC)c1cccc(O)c1. The molecule has 0 aliphatic carbocycles. The van der Waals surface area contributed by atoms with Gasteiger partial charge in [0.05, 0.1) is 5.71 Å². The monoisotopic (exact) mass is 193 g/mol. The summed E-state index contributed by atoms with van der Waals surface area (Å²) >= 11 is 0. The topological polar surface area (TPSA) is 41.8 Å². The first-order valence-electron chi connectivity index (χ1n) is 4.67. The van der Waals surface area contributed by atoms with Crippen molar-refractivity contribution in [3.63, 3.8) is 0 Å². The maximum absolute atomic E-state index is 9.30. The first-order chi connectivity index (χ1) is 6.77. The lowest BCUT2D eigenvalue weighted by atomic mass is 10.1. The summed E-state index contributed by atoms with van der Waals surface area (Å²) in [6.07, 6.45) is 1.84. The van der Waals surface area contributed by atoms with Gasteiger partial charge >= 0.3 is 0 Å². The predicted molar refractivity (Wildman–Crippen MR) is 56.6 cm³/mol. The molecule has 0 radical (unpaired) electrons. The molecular formula is C11H15NO2. The Morgan fingerprint density at radius 3 is 2.86 bits per heavy atom. The Kier molecular flexibility index (Phi) is 3.98. The molecule has 0 amide bonds. The highest BCUT2D eigenvalue weighted by Gasteiger charge is 2.03. The van der Waals surface area contributed by atoms with Crippen LogP contribution < -0.4 is 0 Å². The normalized spacial score (nSPS) is 11.4. The van der Waals surface area contributed by atoms with Crippen LogP contribution in [0.3, 0.4) is 0 Å². The van der Waals surface area contributed by atoms with Crippen molar-refractivity contribution in [2.24, 2.45) is 5.16 Å². The summed E-state index contributed by atoms with van der Waals surface area (Å²) in [5.74, 6) is 0.252. The fourth-order valence-corrected chi connectivity index (χ4v) is 1.28. The van der Waals surface area contributed by atoms with Crippen LogP contribution in [-0.4, -0.2) is 17.9 Å². The average molecular weight is 193 g/mol. The second-order valence-electron chi connectivity index (χ2n) is 3.02. The van der Waals surface area contributed by atoms with Gasteiger partial charge in [-0.25, -0.2) is 0 Å². The zero-order chi connectivity index (χ0) is 10.4. The smallest absolute Gasteiger partial charge is 0.116 e. The largest absolute Gasteiger partial charge is 0.508 e. The summed E-state index contributed by atoms with van der Waals surface area (Å²) in [7, 11) is 1.53. The zero-order valence-electron chi connectivity index (χ0n) is 8.53. The van der Waals surface area contributed by atoms with Gasteiger partial charge in [-0.05, 0) is 18.6 Å². The van der Waals surface area contributed by atoms with Crippen molar-refractivity contribution < 1.29 is 9.94 Å². The molecule has 3 heteroatoms. The van der Waals surface area contributed by atoms with Crippen molar-refractivity contribution in [3.8, 4) is 5.75 Å². The standard InChI is InChI=1S/C11H15NO2/c1-3-5-11(12-14-2)9-6-4-7-10(13)8-9/h4,6-8,13H,3,5H2,1-2H3/b12-11-. The Hall–Kier alpha value is -1.51. The second kappa shape index (κ2) is 5.27. The molecular weight excluding hydrogens is 178 g/mol. The van der Waals surface area contributed by atoms with Gasteiger partial charge in [-0.2, -0.15) is 0 Å². The van der Waals surface area contributed by atoms with Gasteiger partial charge < -0.3 is 9.94 Å². The van der Waals surface area contributed by atoms with E-state index in [2.05, 4.69) is 12.1 Å². The summed E-state index contributed by atoms with van der Waals surface area (Å²) in [6, 6.07) is 7.03. The lowest BCUT2D eigenvalue weighted by molar-refractivity contribution is 0.213. The van der Waals surface area contributed by atoms with Gasteiger partial charge in [0, 0.05) is 5.56 Å². The Morgan fingerprint density at radius 2 is 2.29 bits per heavy atom. The van der Waals surface area contributed by atoms with Crippen molar-refractivity contribution in [1.82, 2.24) is 0 Å². The van der Waals surface area contributed by atoms with Crippen LogP contribution >= 0.6 is 0 Å². The van der Waals surface area contributed by atoms with E-state index >= 15 is 0 Å². The Morgan fingerprint density at radius 1 is 1.50 bits per heavy atom. The molecule has 76 valence electrons. The van der Waals surface area contributed by atoms with Crippen LogP contribution in [0.2, 0.25) is 0 Å². The molecule has 0 aromatic heterocycles. The number of rotatable bonds is 4. The van der Waals surface area contributed by atoms with E-state index in [1.807, 2.05) is 6.07 Å². The van der Waals surface area contributed by atoms with Gasteiger partial charge in [0.15, 0.2) is 0 Å². The van der Waals surface area contributed by atoms with E-state index in [0.717, 1.165) is 24.1 Å². The lowest BCUT2D eigenvalue weighted by Crippen LogP contribution is -2.00. The number of phenolic OH excluding ortho intramolecular Hbond substituents is 1. The molecule has 0 fully saturated rings. The van der Waals surface area contributed by atoms with Crippen molar-refractivity contribution >= 4 is 5.71 Å². The zero-order valence-corrected chi connectivity index (χ0v) is 8.53. The number of phenols is 1. The summed E-state index contributed by atoms with van der Waals surface area (Å²) in [5, 5.41) is 13.2. The quantitative estimate of drug-likeness (QED) is 0.589. The van der Waals surface area contributed by atoms with E-state index < -0.39 is 0 Å². The number of hydrogen-bond acceptors (Lipinski definition) is 3. The van der Waals surface area contributed by atoms with Gasteiger partial charge in [-0.15, -0.1) is 0 Å². The van der Waals surface area contributed by atoms with E-state index in [1.165, 1.54) is 7.11 Å². The molecule has 0 spiro atoms. The maximum Gasteiger partial charge on any atom is 0.116 e. The molecule has 14 heavy (non-hydrogen) atoms. The summed E-state index contributed by atoms with van der Waals surface area (Å²) in [6.45, 7) is 2.08. The maximum atomic E-state index is 9.30. The van der Waals surface area contributed by atoms with Crippen LogP contribution in [0, 0.1) is 0 Å². The molecule has 1 N–H and O–H groups in total. The molecule has 3 nitrogen and oxygen atoms in total. The van der Waals surface area contributed by atoms with Crippen LogP contribution in [0.4, 0.5) is 0 Å². The first-order valence-corrected chi connectivity index (χ1v) is 4.67. The minimum absolute atomic E-state index is 0.252. The summed E-state index contributed by atoms with van der Waals surface area (Å²) in [4.78, 5) is 4.76. The third-order valence-electron chi connectivity index (χ3n) is 1.87. The number of hydrogen-bond donors (Lipinski definition) is 1. The Labute approximate surface area is 84.0 Å². The Bertz CT molecular complexity index is 321. The third-order valence-corrected chi connectivity index (χ3v) is 1.87. The van der Waals surface area contributed by atoms with Crippen LogP contribution in [0.25, 0.3) is 0 Å². The predicted octanol–water partition coefficient (Wildman–Crippen LogP) is 2.54. The molecule has 1 aromatic rings. The molecule has 0 aliphatic heterocycles. The minimum Gasteiger partial charge on any atom is -0.508 e. The number of benzene rings is 1. The third kappa shape index (κ3) is 2.76. The van der Waals surface area contributed by atoms with Crippen molar-refractivity contribution in [3.05, 3.63) is 29.8 Å². The van der Waals surface area contributed by atoms with Crippen LogP contribution in [0.1, 0.15) is 25.3 Å². The van der Waals surface area contributed by atoms with E-state index in [1.54, 1.807) is 18.2 Å². The molecule has 0 saturated carbocycles. The highest BCUT2D eigenvalue weighted by atomic mass is 16.6. The van der Waals surface area contributed by atoms with Gasteiger partial charge in [0.2, 0.25) is 0 Å². The van der Waals surface area contributed by atoms with E-state index in [0.29, 0.717) is 0 Å². The summed E-state index contributed by atoms with van der Waals surface area (Å²) < 4.78 is 0. The van der Waals surface area contributed by atoms with Crippen molar-refractivity contribution in [1.29, 1.82) is 0 Å². The van der Waals surface area contributed by atoms with E-state index in [4.69, 9.17) is 4.84 Å². The van der Waals surface area contributed by atoms with Crippen molar-refractivity contribution in [2.75, 3.05) is 7.11 Å². The van der Waals surface area contributed by atoms with E-state index in [-0.39, 0.29) is 5.75 Å². The minimum atomic E-state index is 0.252. The number of oxime groups is 1. The van der Waals surface area contributed by atoms with Crippen LogP contribution in [-0.2, 0) is 4.84 Å². The molecule has 0 heterocycles. The molecule has 0 aliphatic rings. The molecule has 1 aromatic carbocycles. The van der Waals surface area contributed by atoms with Gasteiger partial charge in [-0.3, -0.25) is 0 Å². The van der Waals surface area contributed by atoms with Gasteiger partial charge in [0.25, 0.3) is 0 Å². The fraction of sp³-hybridized carbons (Fsp3) is 0.364. The van der Waals surface area contributed by atoms with Gasteiger partial charge in [-0.1, -0.05) is 30.6 Å². The molecule has 0 saturated heterocycles. The number of aromatic hydroxyl groups is 1. The number of nitrogens with zero attached hydrogens (tertiary/aromatic N) is 1. The molecule has 1 rings (SSSR count). The Balaban J connectivity index is 2.93. The highest BCUT2D eigenvalue weighted by molar-refractivity contribution is 6.00. The van der Waals surface area contributed by atoms with Gasteiger partial charge in [0.1, 0.15) is 12.9 Å². The molecule has 0 atom stereocenters. The second-order valence-corrected chi connectivity index (χ2v) is 3.02. The highest BCUT2D eigenvalue weighted by Crippen LogP contribution is 2.14. The van der Waals surface area contributed by atoms with Crippen LogP contribution in [0.5, 0.6) is 5.75 Å². The molecule has 0 bridgehead atoms.